The van der Waals surface area contributed by atoms with Crippen molar-refractivity contribution in [2.75, 3.05) is 31.4 Å². The summed E-state index contributed by atoms with van der Waals surface area (Å²) in [5, 5.41) is 2.87. The van der Waals surface area contributed by atoms with E-state index in [1.807, 2.05) is 44.1 Å². The first-order valence-electron chi connectivity index (χ1n) is 6.60. The zero-order valence-corrected chi connectivity index (χ0v) is 12.7. The number of aryl methyl sites for hydroxylation is 1. The molecule has 0 aliphatic heterocycles. The summed E-state index contributed by atoms with van der Waals surface area (Å²) in [6.45, 7) is 1.96. The molecule has 2 aromatic rings. The number of hydrogen-bond acceptors (Lipinski definition) is 4. The third-order valence-electron chi connectivity index (χ3n) is 3.07. The molecule has 2 rings (SSSR count). The number of aromatic nitrogens is 1. The van der Waals surface area contributed by atoms with Gasteiger partial charge in [0.25, 0.3) is 5.91 Å². The minimum atomic E-state index is -0.190. The monoisotopic (exact) mass is 285 g/mol. The first kappa shape index (κ1) is 14.8. The average Bonchev–Trinajstić information content (AvgIpc) is 2.47. The van der Waals surface area contributed by atoms with E-state index in [-0.39, 0.29) is 5.91 Å². The summed E-state index contributed by atoms with van der Waals surface area (Å²) < 4.78 is 5.26. The molecular formula is C16H19N3O2. The third-order valence-corrected chi connectivity index (χ3v) is 3.07. The van der Waals surface area contributed by atoms with Crippen molar-refractivity contribution in [1.29, 1.82) is 0 Å². The minimum absolute atomic E-state index is 0.190. The molecule has 1 heterocycles. The number of nitrogens with zero attached hydrogens (tertiary/aromatic N) is 2. The normalized spacial score (nSPS) is 10.1. The van der Waals surface area contributed by atoms with Crippen LogP contribution in [0, 0.1) is 6.92 Å². The molecule has 0 unspecified atom stereocenters. The fourth-order valence-corrected chi connectivity index (χ4v) is 1.92. The molecule has 1 amide bonds. The summed E-state index contributed by atoms with van der Waals surface area (Å²) in [5.74, 6) is 1.18. The Morgan fingerprint density at radius 1 is 1.24 bits per heavy atom. The van der Waals surface area contributed by atoms with Crippen LogP contribution in [0.1, 0.15) is 15.9 Å². The van der Waals surface area contributed by atoms with E-state index >= 15 is 0 Å². The Hall–Kier alpha value is -2.56. The van der Waals surface area contributed by atoms with Crippen LogP contribution in [0.15, 0.2) is 36.5 Å². The van der Waals surface area contributed by atoms with Crippen LogP contribution in [0.2, 0.25) is 0 Å². The molecule has 110 valence electrons. The third kappa shape index (κ3) is 3.51. The van der Waals surface area contributed by atoms with Crippen molar-refractivity contribution in [3.8, 4) is 5.75 Å². The van der Waals surface area contributed by atoms with E-state index in [9.17, 15) is 4.79 Å². The highest BCUT2D eigenvalue weighted by Gasteiger charge is 2.11. The van der Waals surface area contributed by atoms with Gasteiger partial charge in [-0.25, -0.2) is 4.98 Å². The topological polar surface area (TPSA) is 54.5 Å². The molecule has 0 aliphatic carbocycles. The van der Waals surface area contributed by atoms with Gasteiger partial charge in [0.2, 0.25) is 0 Å². The van der Waals surface area contributed by atoms with Crippen molar-refractivity contribution in [1.82, 2.24) is 4.98 Å². The number of pyridine rings is 1. The van der Waals surface area contributed by atoms with Crippen LogP contribution in [0.25, 0.3) is 0 Å². The molecule has 1 aromatic carbocycles. The van der Waals surface area contributed by atoms with Gasteiger partial charge in [-0.1, -0.05) is 6.07 Å². The number of nitrogens with one attached hydrogen (secondary N) is 1. The molecule has 1 N–H and O–H groups in total. The molecule has 5 heteroatoms. The van der Waals surface area contributed by atoms with Crippen molar-refractivity contribution < 1.29 is 9.53 Å². The second-order valence-electron chi connectivity index (χ2n) is 4.96. The Morgan fingerprint density at radius 2 is 2.00 bits per heavy atom. The maximum Gasteiger partial charge on any atom is 0.255 e. The summed E-state index contributed by atoms with van der Waals surface area (Å²) in [6.07, 6.45) is 1.62. The van der Waals surface area contributed by atoms with Crippen LogP contribution >= 0.6 is 0 Å². The van der Waals surface area contributed by atoms with Crippen molar-refractivity contribution >= 4 is 17.4 Å². The summed E-state index contributed by atoms with van der Waals surface area (Å²) in [7, 11) is 5.35. The maximum atomic E-state index is 12.4. The van der Waals surface area contributed by atoms with E-state index in [4.69, 9.17) is 4.74 Å². The van der Waals surface area contributed by atoms with Crippen LogP contribution in [-0.4, -0.2) is 32.1 Å². The van der Waals surface area contributed by atoms with Crippen LogP contribution < -0.4 is 15.0 Å². The molecule has 5 nitrogen and oxygen atoms in total. The van der Waals surface area contributed by atoms with Gasteiger partial charge in [0.15, 0.2) is 0 Å². The molecule has 0 aliphatic rings. The van der Waals surface area contributed by atoms with Crippen molar-refractivity contribution in [3.05, 3.63) is 47.7 Å². The molecule has 21 heavy (non-hydrogen) atoms. The molecule has 0 spiro atoms. The van der Waals surface area contributed by atoms with Gasteiger partial charge >= 0.3 is 0 Å². The fourth-order valence-electron chi connectivity index (χ4n) is 1.92. The van der Waals surface area contributed by atoms with Crippen LogP contribution in [0.4, 0.5) is 11.5 Å². The SMILES string of the molecule is COc1ccc(C)cc1NC(=O)c1ccnc(N(C)C)c1. The molecule has 0 saturated carbocycles. The molecule has 1 aromatic heterocycles. The van der Waals surface area contributed by atoms with E-state index in [0.29, 0.717) is 17.0 Å². The molecule has 0 bridgehead atoms. The fraction of sp³-hybridized carbons (Fsp3) is 0.250. The zero-order valence-electron chi connectivity index (χ0n) is 12.7. The maximum absolute atomic E-state index is 12.4. The molecule has 0 saturated heterocycles. The minimum Gasteiger partial charge on any atom is -0.495 e. The second-order valence-corrected chi connectivity index (χ2v) is 4.96. The molecule has 0 radical (unpaired) electrons. The Labute approximate surface area is 124 Å². The van der Waals surface area contributed by atoms with Gasteiger partial charge < -0.3 is 15.0 Å². The Kier molecular flexibility index (Phi) is 4.42. The summed E-state index contributed by atoms with van der Waals surface area (Å²) in [6, 6.07) is 9.08. The highest BCUT2D eigenvalue weighted by Crippen LogP contribution is 2.25. The van der Waals surface area contributed by atoms with Gasteiger partial charge in [-0.2, -0.15) is 0 Å². The number of carbonyl (C=O) groups is 1. The van der Waals surface area contributed by atoms with E-state index < -0.39 is 0 Å². The van der Waals surface area contributed by atoms with Crippen LogP contribution in [0.5, 0.6) is 5.75 Å². The Bertz CT molecular complexity index is 654. The van der Waals surface area contributed by atoms with Crippen molar-refractivity contribution in [2.24, 2.45) is 0 Å². The lowest BCUT2D eigenvalue weighted by Gasteiger charge is -2.13. The van der Waals surface area contributed by atoms with Crippen molar-refractivity contribution in [3.63, 3.8) is 0 Å². The number of carbonyl (C=O) groups excluding carboxylic acids is 1. The number of hydrogen-bond donors (Lipinski definition) is 1. The summed E-state index contributed by atoms with van der Waals surface area (Å²) >= 11 is 0. The molecule has 0 fully saturated rings. The number of amides is 1. The number of rotatable bonds is 4. The second kappa shape index (κ2) is 6.26. The van der Waals surface area contributed by atoms with Gasteiger partial charge in [0.1, 0.15) is 11.6 Å². The highest BCUT2D eigenvalue weighted by atomic mass is 16.5. The Balaban J connectivity index is 2.26. The van der Waals surface area contributed by atoms with Gasteiger partial charge in [-0.15, -0.1) is 0 Å². The zero-order chi connectivity index (χ0) is 15.4. The van der Waals surface area contributed by atoms with E-state index in [2.05, 4.69) is 10.3 Å². The van der Waals surface area contributed by atoms with Gasteiger partial charge in [-0.05, 0) is 36.8 Å². The van der Waals surface area contributed by atoms with Gasteiger partial charge in [0, 0.05) is 25.9 Å². The standard InChI is InChI=1S/C16H19N3O2/c1-11-5-6-14(21-4)13(9-11)18-16(20)12-7-8-17-15(10-12)19(2)3/h5-10H,1-4H3,(H,18,20). The van der Waals surface area contributed by atoms with Crippen molar-refractivity contribution in [2.45, 2.75) is 6.92 Å². The van der Waals surface area contributed by atoms with E-state index in [1.165, 1.54) is 0 Å². The lowest BCUT2D eigenvalue weighted by molar-refractivity contribution is 0.102. The number of methoxy groups -OCH3 is 1. The first-order chi connectivity index (χ1) is 10.0. The van der Waals surface area contributed by atoms with Gasteiger partial charge in [-0.3, -0.25) is 4.79 Å². The van der Waals surface area contributed by atoms with Crippen LogP contribution in [-0.2, 0) is 0 Å². The highest BCUT2D eigenvalue weighted by molar-refractivity contribution is 6.05. The predicted octanol–water partition coefficient (Wildman–Crippen LogP) is 2.72. The predicted molar refractivity (Wildman–Crippen MR) is 84.2 cm³/mol. The van der Waals surface area contributed by atoms with E-state index in [1.54, 1.807) is 25.4 Å². The summed E-state index contributed by atoms with van der Waals surface area (Å²) in [5.41, 5.74) is 2.26. The smallest absolute Gasteiger partial charge is 0.255 e. The average molecular weight is 285 g/mol. The van der Waals surface area contributed by atoms with E-state index in [0.717, 1.165) is 11.4 Å². The largest absolute Gasteiger partial charge is 0.495 e. The lowest BCUT2D eigenvalue weighted by Crippen LogP contribution is -2.15. The molecular weight excluding hydrogens is 266 g/mol. The first-order valence-corrected chi connectivity index (χ1v) is 6.60. The molecule has 0 atom stereocenters. The van der Waals surface area contributed by atoms with Gasteiger partial charge in [0.05, 0.1) is 12.8 Å². The van der Waals surface area contributed by atoms with Crippen LogP contribution in [0.3, 0.4) is 0 Å². The number of anilines is 2. The lowest BCUT2D eigenvalue weighted by atomic mass is 10.2. The Morgan fingerprint density at radius 3 is 2.67 bits per heavy atom. The number of benzene rings is 1. The quantitative estimate of drug-likeness (QED) is 0.938. The summed E-state index contributed by atoms with van der Waals surface area (Å²) in [4.78, 5) is 18.4. The number of ether oxygens (including phenoxy) is 1.